The van der Waals surface area contributed by atoms with Gasteiger partial charge in [0.2, 0.25) is 0 Å². The highest BCUT2D eigenvalue weighted by atomic mass is 15.1. The standard InChI is InChI=1S/C14H16N4/c15-9-11-1-5-13(6-2-11)17-18-14-7-3-12(10-16)4-8-14/h1-8H,9-10,15-16H2/b18-17+. The molecule has 0 amide bonds. The second kappa shape index (κ2) is 6.05. The first kappa shape index (κ1) is 12.4. The largest absolute Gasteiger partial charge is 0.326 e. The number of nitrogens with zero attached hydrogens (tertiary/aromatic N) is 2. The van der Waals surface area contributed by atoms with Crippen LogP contribution in [-0.2, 0) is 13.1 Å². The fourth-order valence-electron chi connectivity index (χ4n) is 1.51. The molecule has 0 radical (unpaired) electrons. The Morgan fingerprint density at radius 1 is 0.611 bits per heavy atom. The lowest BCUT2D eigenvalue weighted by Crippen LogP contribution is -1.94. The summed E-state index contributed by atoms with van der Waals surface area (Å²) in [6, 6.07) is 15.4. The Kier molecular flexibility index (Phi) is 4.17. The van der Waals surface area contributed by atoms with Gasteiger partial charge in [0.1, 0.15) is 0 Å². The lowest BCUT2D eigenvalue weighted by molar-refractivity contribution is 1.07. The fraction of sp³-hybridized carbons (Fsp3) is 0.143. The number of hydrogen-bond acceptors (Lipinski definition) is 4. The summed E-state index contributed by atoms with van der Waals surface area (Å²) in [6.45, 7) is 1.08. The summed E-state index contributed by atoms with van der Waals surface area (Å²) in [4.78, 5) is 0. The molecule has 2 aromatic carbocycles. The highest BCUT2D eigenvalue weighted by molar-refractivity contribution is 5.42. The highest BCUT2D eigenvalue weighted by Crippen LogP contribution is 2.19. The van der Waals surface area contributed by atoms with Crippen LogP contribution in [0.5, 0.6) is 0 Å². The van der Waals surface area contributed by atoms with Crippen LogP contribution in [0, 0.1) is 0 Å². The Bertz CT molecular complexity index is 465. The van der Waals surface area contributed by atoms with Crippen LogP contribution in [0.25, 0.3) is 0 Å². The van der Waals surface area contributed by atoms with Gasteiger partial charge in [-0.1, -0.05) is 24.3 Å². The van der Waals surface area contributed by atoms with Gasteiger partial charge in [-0.05, 0) is 35.4 Å². The molecule has 0 aliphatic carbocycles. The first-order valence-corrected chi connectivity index (χ1v) is 5.81. The maximum atomic E-state index is 5.53. The third-order valence-electron chi connectivity index (χ3n) is 2.63. The molecule has 0 aromatic heterocycles. The lowest BCUT2D eigenvalue weighted by atomic mass is 10.2. The van der Waals surface area contributed by atoms with Crippen molar-refractivity contribution in [3.63, 3.8) is 0 Å². The van der Waals surface area contributed by atoms with E-state index in [1.54, 1.807) is 0 Å². The molecular formula is C14H16N4. The van der Waals surface area contributed by atoms with E-state index in [1.807, 2.05) is 48.5 Å². The van der Waals surface area contributed by atoms with Crippen LogP contribution in [0.1, 0.15) is 11.1 Å². The molecule has 92 valence electrons. The third-order valence-corrected chi connectivity index (χ3v) is 2.63. The predicted octanol–water partition coefficient (Wildman–Crippen LogP) is 3.02. The van der Waals surface area contributed by atoms with Gasteiger partial charge in [0, 0.05) is 13.1 Å². The number of nitrogens with two attached hydrogens (primary N) is 2. The zero-order valence-corrected chi connectivity index (χ0v) is 10.1. The number of azo groups is 1. The normalized spacial score (nSPS) is 11.0. The summed E-state index contributed by atoms with van der Waals surface area (Å²) < 4.78 is 0. The first-order valence-electron chi connectivity index (χ1n) is 5.81. The summed E-state index contributed by atoms with van der Waals surface area (Å²) in [6.07, 6.45) is 0. The minimum absolute atomic E-state index is 0.540. The Morgan fingerprint density at radius 2 is 0.944 bits per heavy atom. The van der Waals surface area contributed by atoms with Gasteiger partial charge in [-0.25, -0.2) is 0 Å². The van der Waals surface area contributed by atoms with Gasteiger partial charge >= 0.3 is 0 Å². The van der Waals surface area contributed by atoms with Gasteiger partial charge in [-0.2, -0.15) is 10.2 Å². The average Bonchev–Trinajstić information content (AvgIpc) is 2.46. The van der Waals surface area contributed by atoms with E-state index in [0.29, 0.717) is 13.1 Å². The van der Waals surface area contributed by atoms with Gasteiger partial charge in [0.05, 0.1) is 11.4 Å². The second-order valence-corrected chi connectivity index (χ2v) is 3.94. The quantitative estimate of drug-likeness (QED) is 0.806. The monoisotopic (exact) mass is 240 g/mol. The van der Waals surface area contributed by atoms with Crippen molar-refractivity contribution < 1.29 is 0 Å². The van der Waals surface area contributed by atoms with E-state index >= 15 is 0 Å². The maximum Gasteiger partial charge on any atom is 0.0857 e. The highest BCUT2D eigenvalue weighted by Gasteiger charge is 1.93. The molecule has 2 aromatic rings. The molecule has 4 nitrogen and oxygen atoms in total. The van der Waals surface area contributed by atoms with Crippen molar-refractivity contribution in [3.05, 3.63) is 59.7 Å². The van der Waals surface area contributed by atoms with Crippen LogP contribution in [-0.4, -0.2) is 0 Å². The van der Waals surface area contributed by atoms with Gasteiger partial charge < -0.3 is 11.5 Å². The second-order valence-electron chi connectivity index (χ2n) is 3.94. The zero-order chi connectivity index (χ0) is 12.8. The van der Waals surface area contributed by atoms with E-state index in [9.17, 15) is 0 Å². The summed E-state index contributed by atoms with van der Waals surface area (Å²) in [5.74, 6) is 0. The molecule has 0 aliphatic rings. The van der Waals surface area contributed by atoms with Crippen LogP contribution in [0.3, 0.4) is 0 Å². The molecule has 18 heavy (non-hydrogen) atoms. The van der Waals surface area contributed by atoms with Gasteiger partial charge in [-0.15, -0.1) is 0 Å². The Morgan fingerprint density at radius 3 is 1.22 bits per heavy atom. The van der Waals surface area contributed by atoms with Crippen molar-refractivity contribution in [2.24, 2.45) is 21.7 Å². The lowest BCUT2D eigenvalue weighted by Gasteiger charge is -1.98. The molecule has 4 heteroatoms. The van der Waals surface area contributed by atoms with Crippen LogP contribution in [0.15, 0.2) is 58.8 Å². The number of rotatable bonds is 4. The molecule has 0 bridgehead atoms. The molecule has 0 aliphatic heterocycles. The van der Waals surface area contributed by atoms with Crippen molar-refractivity contribution in [3.8, 4) is 0 Å². The van der Waals surface area contributed by atoms with Crippen LogP contribution < -0.4 is 11.5 Å². The Hall–Kier alpha value is -2.04. The molecule has 0 unspecified atom stereocenters. The average molecular weight is 240 g/mol. The van der Waals surface area contributed by atoms with Crippen molar-refractivity contribution in [2.45, 2.75) is 13.1 Å². The Labute approximate surface area is 106 Å². The molecule has 2 rings (SSSR count). The van der Waals surface area contributed by atoms with Crippen LogP contribution >= 0.6 is 0 Å². The topological polar surface area (TPSA) is 76.8 Å². The summed E-state index contributed by atoms with van der Waals surface area (Å²) in [5, 5.41) is 8.32. The molecule has 0 saturated carbocycles. The molecule has 0 spiro atoms. The molecule has 0 saturated heterocycles. The minimum atomic E-state index is 0.540. The van der Waals surface area contributed by atoms with E-state index in [0.717, 1.165) is 22.5 Å². The number of hydrogen-bond donors (Lipinski definition) is 2. The van der Waals surface area contributed by atoms with Crippen molar-refractivity contribution in [1.82, 2.24) is 0 Å². The summed E-state index contributed by atoms with van der Waals surface area (Å²) in [7, 11) is 0. The van der Waals surface area contributed by atoms with E-state index in [-0.39, 0.29) is 0 Å². The van der Waals surface area contributed by atoms with Crippen LogP contribution in [0.2, 0.25) is 0 Å². The third kappa shape index (κ3) is 3.23. The first-order chi connectivity index (χ1) is 8.81. The van der Waals surface area contributed by atoms with Gasteiger partial charge in [-0.3, -0.25) is 0 Å². The van der Waals surface area contributed by atoms with Gasteiger partial charge in [0.15, 0.2) is 0 Å². The van der Waals surface area contributed by atoms with E-state index in [2.05, 4.69) is 10.2 Å². The fourth-order valence-corrected chi connectivity index (χ4v) is 1.51. The molecular weight excluding hydrogens is 224 g/mol. The molecule has 4 N–H and O–H groups in total. The summed E-state index contributed by atoms with van der Waals surface area (Å²) >= 11 is 0. The van der Waals surface area contributed by atoms with E-state index < -0.39 is 0 Å². The van der Waals surface area contributed by atoms with E-state index in [1.165, 1.54) is 0 Å². The number of benzene rings is 2. The SMILES string of the molecule is NCc1ccc(/N=N/c2ccc(CN)cc2)cc1. The predicted molar refractivity (Wildman–Crippen MR) is 72.8 cm³/mol. The van der Waals surface area contributed by atoms with Crippen molar-refractivity contribution in [1.29, 1.82) is 0 Å². The zero-order valence-electron chi connectivity index (χ0n) is 10.1. The molecule has 0 atom stereocenters. The molecule has 0 fully saturated rings. The maximum absolute atomic E-state index is 5.53. The van der Waals surface area contributed by atoms with Crippen molar-refractivity contribution in [2.75, 3.05) is 0 Å². The Balaban J connectivity index is 2.08. The minimum Gasteiger partial charge on any atom is -0.326 e. The smallest absolute Gasteiger partial charge is 0.0857 e. The van der Waals surface area contributed by atoms with Crippen molar-refractivity contribution >= 4 is 11.4 Å². The molecule has 0 heterocycles. The van der Waals surface area contributed by atoms with Crippen LogP contribution in [0.4, 0.5) is 11.4 Å². The van der Waals surface area contributed by atoms with E-state index in [4.69, 9.17) is 11.5 Å². The van der Waals surface area contributed by atoms with Gasteiger partial charge in [0.25, 0.3) is 0 Å². The summed E-state index contributed by atoms with van der Waals surface area (Å²) in [5.41, 5.74) is 14.9.